The lowest BCUT2D eigenvalue weighted by atomic mass is 9.74. The largest absolute Gasteiger partial charge is 0.393 e. The van der Waals surface area contributed by atoms with Gasteiger partial charge < -0.3 is 14.9 Å². The van der Waals surface area contributed by atoms with Crippen molar-refractivity contribution in [3.8, 4) is 0 Å². The van der Waals surface area contributed by atoms with Crippen LogP contribution in [0.1, 0.15) is 111 Å². The fourth-order valence-corrected chi connectivity index (χ4v) is 5.12. The van der Waals surface area contributed by atoms with Gasteiger partial charge in [-0.2, -0.15) is 0 Å². The van der Waals surface area contributed by atoms with Crippen molar-refractivity contribution in [1.29, 1.82) is 0 Å². The van der Waals surface area contributed by atoms with E-state index >= 15 is 0 Å². The van der Waals surface area contributed by atoms with Gasteiger partial charge in [-0.05, 0) is 88.4 Å². The van der Waals surface area contributed by atoms with Gasteiger partial charge in [-0.1, -0.05) is 34.1 Å². The molecule has 26 heavy (non-hydrogen) atoms. The zero-order valence-corrected chi connectivity index (χ0v) is 17.8. The average Bonchev–Trinajstić information content (AvgIpc) is 3.43. The van der Waals surface area contributed by atoms with Crippen LogP contribution in [0.4, 0.5) is 0 Å². The van der Waals surface area contributed by atoms with Gasteiger partial charge in [0.2, 0.25) is 0 Å². The van der Waals surface area contributed by atoms with E-state index in [4.69, 9.17) is 4.74 Å². The van der Waals surface area contributed by atoms with E-state index in [1.54, 1.807) is 0 Å². The first-order chi connectivity index (χ1) is 12.4. The van der Waals surface area contributed by atoms with Crippen LogP contribution >= 0.6 is 0 Å². The molecule has 3 heteroatoms. The van der Waals surface area contributed by atoms with Gasteiger partial charge >= 0.3 is 0 Å². The molecule has 2 unspecified atom stereocenters. The number of ether oxygens (including phenoxy) is 1. The molecule has 3 nitrogen and oxygen atoms in total. The lowest BCUT2D eigenvalue weighted by molar-refractivity contribution is -0.163. The van der Waals surface area contributed by atoms with Crippen molar-refractivity contribution < 1.29 is 14.9 Å². The molecule has 0 saturated heterocycles. The van der Waals surface area contributed by atoms with Gasteiger partial charge in [0.15, 0.2) is 0 Å². The Morgan fingerprint density at radius 1 is 1.00 bits per heavy atom. The summed E-state index contributed by atoms with van der Waals surface area (Å²) in [5.41, 5.74) is 0.195. The maximum absolute atomic E-state index is 10.2. The van der Waals surface area contributed by atoms with Crippen molar-refractivity contribution in [2.24, 2.45) is 11.3 Å². The molecule has 2 fully saturated rings. The van der Waals surface area contributed by atoms with Gasteiger partial charge in [-0.3, -0.25) is 0 Å². The highest BCUT2D eigenvalue weighted by Crippen LogP contribution is 2.49. The molecule has 2 saturated carbocycles. The summed E-state index contributed by atoms with van der Waals surface area (Å²) in [7, 11) is 0. The number of hydrogen-bond acceptors (Lipinski definition) is 3. The molecule has 0 aliphatic heterocycles. The van der Waals surface area contributed by atoms with Crippen LogP contribution in [0.15, 0.2) is 0 Å². The second-order valence-corrected chi connectivity index (χ2v) is 9.50. The number of aliphatic hydroxyl groups excluding tert-OH is 2. The third kappa shape index (κ3) is 5.94. The average molecular weight is 369 g/mol. The Morgan fingerprint density at radius 2 is 1.58 bits per heavy atom. The van der Waals surface area contributed by atoms with Crippen molar-refractivity contribution in [2.45, 2.75) is 135 Å². The monoisotopic (exact) mass is 368 g/mol. The number of aliphatic hydroxyl groups is 2. The SMILES string of the molecule is CCC[C@@](C)(CC)[C@@H](OC1(CC)CCCC(O)CC(O)CCC1)C1CC1. The number of hydrogen-bond donors (Lipinski definition) is 2. The molecule has 2 aliphatic carbocycles. The van der Waals surface area contributed by atoms with E-state index in [2.05, 4.69) is 27.7 Å². The summed E-state index contributed by atoms with van der Waals surface area (Å²) >= 11 is 0. The topological polar surface area (TPSA) is 49.7 Å². The van der Waals surface area contributed by atoms with E-state index in [1.165, 1.54) is 32.1 Å². The lowest BCUT2D eigenvalue weighted by Crippen LogP contribution is -2.45. The Kier molecular flexibility index (Phi) is 8.43. The van der Waals surface area contributed by atoms with Crippen molar-refractivity contribution in [1.82, 2.24) is 0 Å². The first-order valence-corrected chi connectivity index (χ1v) is 11.4. The van der Waals surface area contributed by atoms with Gasteiger partial charge in [0.25, 0.3) is 0 Å². The van der Waals surface area contributed by atoms with E-state index < -0.39 is 0 Å². The van der Waals surface area contributed by atoms with Crippen LogP contribution < -0.4 is 0 Å². The summed E-state index contributed by atoms with van der Waals surface area (Å²) in [5, 5.41) is 20.3. The second kappa shape index (κ2) is 9.89. The maximum Gasteiger partial charge on any atom is 0.0684 e. The number of rotatable bonds is 8. The first kappa shape index (κ1) is 22.2. The van der Waals surface area contributed by atoms with E-state index in [9.17, 15) is 10.2 Å². The van der Waals surface area contributed by atoms with Crippen LogP contribution in [0.3, 0.4) is 0 Å². The van der Waals surface area contributed by atoms with E-state index in [-0.39, 0.29) is 23.2 Å². The summed E-state index contributed by atoms with van der Waals surface area (Å²) < 4.78 is 7.10. The van der Waals surface area contributed by atoms with E-state index in [0.29, 0.717) is 12.5 Å². The van der Waals surface area contributed by atoms with Crippen molar-refractivity contribution >= 4 is 0 Å². The predicted octanol–water partition coefficient (Wildman–Crippen LogP) is 5.61. The molecular formula is C23H44O3. The minimum atomic E-state index is -0.363. The molecule has 0 aromatic heterocycles. The zero-order chi connectivity index (χ0) is 19.2. The minimum Gasteiger partial charge on any atom is -0.393 e. The minimum absolute atomic E-state index is 0.0752. The van der Waals surface area contributed by atoms with Crippen LogP contribution in [0, 0.1) is 11.3 Å². The van der Waals surface area contributed by atoms with Gasteiger partial charge in [-0.25, -0.2) is 0 Å². The summed E-state index contributed by atoms with van der Waals surface area (Å²) in [6.45, 7) is 9.33. The fourth-order valence-electron chi connectivity index (χ4n) is 5.12. The Morgan fingerprint density at radius 3 is 2.00 bits per heavy atom. The fraction of sp³-hybridized carbons (Fsp3) is 1.00. The highest BCUT2D eigenvalue weighted by Gasteiger charge is 2.47. The molecule has 0 aromatic carbocycles. The molecule has 4 atom stereocenters. The van der Waals surface area contributed by atoms with E-state index in [1.807, 2.05) is 0 Å². The van der Waals surface area contributed by atoms with Gasteiger partial charge in [0.05, 0.1) is 23.9 Å². The molecule has 0 bridgehead atoms. The molecule has 0 aromatic rings. The molecule has 2 rings (SSSR count). The van der Waals surface area contributed by atoms with Gasteiger partial charge in [-0.15, -0.1) is 0 Å². The second-order valence-electron chi connectivity index (χ2n) is 9.50. The Labute approximate surface area is 161 Å². The molecule has 2 N–H and O–H groups in total. The quantitative estimate of drug-likeness (QED) is 0.585. The maximum atomic E-state index is 10.2. The first-order valence-electron chi connectivity index (χ1n) is 11.4. The predicted molar refractivity (Wildman–Crippen MR) is 108 cm³/mol. The highest BCUT2D eigenvalue weighted by atomic mass is 16.5. The van der Waals surface area contributed by atoms with E-state index in [0.717, 1.165) is 50.9 Å². The van der Waals surface area contributed by atoms with Crippen LogP contribution in [-0.4, -0.2) is 34.1 Å². The van der Waals surface area contributed by atoms with Crippen LogP contribution in [0.5, 0.6) is 0 Å². The standard InChI is InChI=1S/C23H44O3/c1-5-14-22(4,6-2)21(18-12-13-18)26-23(7-3)15-8-10-19(24)17-20(25)11-9-16-23/h18-21,24-25H,5-17H2,1-4H3/t19?,20?,21-,22+,23?/m0/s1. The summed E-state index contributed by atoms with van der Waals surface area (Å²) in [6, 6.07) is 0. The third-order valence-electron chi connectivity index (χ3n) is 7.27. The normalized spacial score (nSPS) is 34.8. The van der Waals surface area contributed by atoms with Gasteiger partial charge in [0.1, 0.15) is 0 Å². The Hall–Kier alpha value is -0.120. The van der Waals surface area contributed by atoms with Crippen LogP contribution in [-0.2, 0) is 4.74 Å². The van der Waals surface area contributed by atoms with Crippen molar-refractivity contribution in [2.75, 3.05) is 0 Å². The zero-order valence-electron chi connectivity index (χ0n) is 17.8. The third-order valence-corrected chi connectivity index (χ3v) is 7.27. The highest BCUT2D eigenvalue weighted by molar-refractivity contribution is 4.96. The molecular weight excluding hydrogens is 324 g/mol. The Bertz CT molecular complexity index is 392. The van der Waals surface area contributed by atoms with Crippen LogP contribution in [0.2, 0.25) is 0 Å². The molecule has 0 amide bonds. The molecule has 154 valence electrons. The summed E-state index contributed by atoms with van der Waals surface area (Å²) in [6.07, 6.45) is 13.2. The Balaban J connectivity index is 2.15. The molecule has 2 aliphatic rings. The van der Waals surface area contributed by atoms with Crippen molar-refractivity contribution in [3.05, 3.63) is 0 Å². The molecule has 0 radical (unpaired) electrons. The van der Waals surface area contributed by atoms with Crippen molar-refractivity contribution in [3.63, 3.8) is 0 Å². The summed E-state index contributed by atoms with van der Waals surface area (Å²) in [4.78, 5) is 0. The van der Waals surface area contributed by atoms with Crippen LogP contribution in [0.25, 0.3) is 0 Å². The smallest absolute Gasteiger partial charge is 0.0684 e. The molecule has 0 heterocycles. The summed E-state index contributed by atoms with van der Waals surface area (Å²) in [5.74, 6) is 0.738. The van der Waals surface area contributed by atoms with Gasteiger partial charge in [0, 0.05) is 0 Å². The lowest BCUT2D eigenvalue weighted by Gasteiger charge is -2.45. The molecule has 0 spiro atoms.